The molecule has 156 valence electrons. The summed E-state index contributed by atoms with van der Waals surface area (Å²) in [7, 11) is 0. The lowest BCUT2D eigenvalue weighted by molar-refractivity contribution is -0.141. The predicted octanol–water partition coefficient (Wildman–Crippen LogP) is 3.99. The summed E-state index contributed by atoms with van der Waals surface area (Å²) in [5, 5.41) is 0. The fourth-order valence-electron chi connectivity index (χ4n) is 4.83. The number of fused-ring (bicyclic) bond motifs is 1. The standard InChI is InChI=1S/C24H27N3O2S/c28-23-10-5-19-15-26(13-11-22(19)27(23)20-6-7-20)24(29)18-3-8-21(9-4-18)30-16-17-2-1-12-25-14-17/h1-4,8-9,12,14,19-20,22H,5-7,10-11,13,15-16H2/t19-,22-/m0/s1. The number of carbonyl (C=O) groups is 2. The van der Waals surface area contributed by atoms with Crippen molar-refractivity contribution in [2.24, 2.45) is 5.92 Å². The second kappa shape index (κ2) is 8.42. The number of hydrogen-bond acceptors (Lipinski definition) is 4. The van der Waals surface area contributed by atoms with Gasteiger partial charge in [-0.1, -0.05) is 6.07 Å². The van der Waals surface area contributed by atoms with Crippen molar-refractivity contribution < 1.29 is 9.59 Å². The Bertz CT molecular complexity index is 914. The van der Waals surface area contributed by atoms with Crippen molar-refractivity contribution in [2.45, 2.75) is 54.8 Å². The quantitative estimate of drug-likeness (QED) is 0.685. The number of piperidine rings is 2. The Hall–Kier alpha value is -2.34. The van der Waals surface area contributed by atoms with Crippen LogP contribution in [-0.4, -0.2) is 51.8 Å². The first kappa shape index (κ1) is 19.6. The molecule has 1 saturated carbocycles. The molecule has 2 saturated heterocycles. The van der Waals surface area contributed by atoms with Gasteiger partial charge in [-0.2, -0.15) is 0 Å². The lowest BCUT2D eigenvalue weighted by atomic mass is 9.83. The molecular weight excluding hydrogens is 394 g/mol. The number of amides is 2. The summed E-state index contributed by atoms with van der Waals surface area (Å²) in [5.74, 6) is 1.74. The Morgan fingerprint density at radius 2 is 1.93 bits per heavy atom. The van der Waals surface area contributed by atoms with Gasteiger partial charge in [-0.05, 0) is 67.5 Å². The number of thioether (sulfide) groups is 1. The summed E-state index contributed by atoms with van der Waals surface area (Å²) in [4.78, 5) is 34.9. The van der Waals surface area contributed by atoms with Crippen LogP contribution in [0.2, 0.25) is 0 Å². The number of pyridine rings is 1. The maximum atomic E-state index is 13.1. The minimum atomic E-state index is 0.118. The maximum Gasteiger partial charge on any atom is 0.253 e. The fourth-order valence-corrected chi connectivity index (χ4v) is 5.66. The van der Waals surface area contributed by atoms with Crippen molar-refractivity contribution in [3.8, 4) is 0 Å². The van der Waals surface area contributed by atoms with Gasteiger partial charge >= 0.3 is 0 Å². The molecule has 0 radical (unpaired) electrons. The lowest BCUT2D eigenvalue weighted by Gasteiger charge is -2.47. The van der Waals surface area contributed by atoms with Gasteiger partial charge in [0.25, 0.3) is 5.91 Å². The number of likely N-dealkylation sites (tertiary alicyclic amines) is 2. The molecule has 0 spiro atoms. The highest BCUT2D eigenvalue weighted by Gasteiger charge is 2.45. The van der Waals surface area contributed by atoms with Crippen LogP contribution >= 0.6 is 11.8 Å². The Morgan fingerprint density at radius 1 is 1.10 bits per heavy atom. The van der Waals surface area contributed by atoms with Crippen LogP contribution < -0.4 is 0 Å². The van der Waals surface area contributed by atoms with E-state index in [0.29, 0.717) is 30.3 Å². The number of aromatic nitrogens is 1. The average Bonchev–Trinajstić information content (AvgIpc) is 3.63. The van der Waals surface area contributed by atoms with E-state index in [1.165, 1.54) is 5.56 Å². The largest absolute Gasteiger partial charge is 0.338 e. The molecule has 3 heterocycles. The van der Waals surface area contributed by atoms with Crippen molar-refractivity contribution in [3.05, 3.63) is 59.9 Å². The van der Waals surface area contributed by atoms with Crippen LogP contribution in [0.1, 0.15) is 48.0 Å². The van der Waals surface area contributed by atoms with Crippen molar-refractivity contribution in [1.82, 2.24) is 14.8 Å². The third kappa shape index (κ3) is 4.10. The summed E-state index contributed by atoms with van der Waals surface area (Å²) in [6, 6.07) is 12.8. The topological polar surface area (TPSA) is 53.5 Å². The molecule has 6 heteroatoms. The summed E-state index contributed by atoms with van der Waals surface area (Å²) in [6.07, 6.45) is 8.45. The first-order chi connectivity index (χ1) is 14.7. The molecule has 0 N–H and O–H groups in total. The molecule has 0 unspecified atom stereocenters. The van der Waals surface area contributed by atoms with Crippen LogP contribution in [-0.2, 0) is 10.5 Å². The summed E-state index contributed by atoms with van der Waals surface area (Å²) < 4.78 is 0. The average molecular weight is 422 g/mol. The summed E-state index contributed by atoms with van der Waals surface area (Å²) in [6.45, 7) is 1.52. The second-order valence-electron chi connectivity index (χ2n) is 8.61. The molecule has 5 rings (SSSR count). The number of carbonyl (C=O) groups excluding carboxylic acids is 2. The van der Waals surface area contributed by atoms with Gasteiger partial charge in [0.2, 0.25) is 5.91 Å². The van der Waals surface area contributed by atoms with Gasteiger partial charge in [-0.25, -0.2) is 0 Å². The molecule has 1 aromatic heterocycles. The van der Waals surface area contributed by atoms with E-state index >= 15 is 0 Å². The highest BCUT2D eigenvalue weighted by molar-refractivity contribution is 7.98. The third-order valence-corrected chi connectivity index (χ3v) is 7.61. The highest BCUT2D eigenvalue weighted by Crippen LogP contribution is 2.39. The van der Waals surface area contributed by atoms with Gasteiger partial charge in [0, 0.05) is 60.2 Å². The van der Waals surface area contributed by atoms with Gasteiger partial charge in [0.15, 0.2) is 0 Å². The van der Waals surface area contributed by atoms with Crippen LogP contribution in [0.3, 0.4) is 0 Å². The Balaban J connectivity index is 1.19. The smallest absolute Gasteiger partial charge is 0.253 e. The highest BCUT2D eigenvalue weighted by atomic mass is 32.2. The first-order valence-electron chi connectivity index (χ1n) is 10.9. The Morgan fingerprint density at radius 3 is 2.67 bits per heavy atom. The van der Waals surface area contributed by atoms with E-state index < -0.39 is 0 Å². The van der Waals surface area contributed by atoms with Gasteiger partial charge in [0.05, 0.1) is 0 Å². The minimum absolute atomic E-state index is 0.118. The molecule has 3 fully saturated rings. The maximum absolute atomic E-state index is 13.1. The zero-order chi connectivity index (χ0) is 20.5. The van der Waals surface area contributed by atoms with E-state index in [1.807, 2.05) is 41.4 Å². The molecule has 1 aromatic carbocycles. The van der Waals surface area contributed by atoms with Crippen LogP contribution in [0, 0.1) is 5.92 Å². The molecule has 2 atom stereocenters. The monoisotopic (exact) mass is 421 g/mol. The van der Waals surface area contributed by atoms with E-state index in [4.69, 9.17) is 0 Å². The first-order valence-corrected chi connectivity index (χ1v) is 11.9. The van der Waals surface area contributed by atoms with Gasteiger partial charge in [-0.3, -0.25) is 14.6 Å². The van der Waals surface area contributed by atoms with Crippen LogP contribution in [0.25, 0.3) is 0 Å². The SMILES string of the molecule is O=C(c1ccc(SCc2cccnc2)cc1)N1CC[C@H]2[C@@H](CCC(=O)N2C2CC2)C1. The Kier molecular flexibility index (Phi) is 5.50. The van der Waals surface area contributed by atoms with E-state index in [9.17, 15) is 9.59 Å². The molecule has 2 aromatic rings. The van der Waals surface area contributed by atoms with Gasteiger partial charge in [-0.15, -0.1) is 11.8 Å². The number of benzene rings is 1. The van der Waals surface area contributed by atoms with E-state index in [-0.39, 0.29) is 5.91 Å². The summed E-state index contributed by atoms with van der Waals surface area (Å²) in [5.41, 5.74) is 1.95. The number of hydrogen-bond donors (Lipinski definition) is 0. The molecule has 1 aliphatic carbocycles. The molecular formula is C24H27N3O2S. The fraction of sp³-hybridized carbons (Fsp3) is 0.458. The summed E-state index contributed by atoms with van der Waals surface area (Å²) >= 11 is 1.75. The molecule has 2 amide bonds. The predicted molar refractivity (Wildman–Crippen MR) is 117 cm³/mol. The number of nitrogens with zero attached hydrogens (tertiary/aromatic N) is 3. The van der Waals surface area contributed by atoms with Crippen molar-refractivity contribution in [2.75, 3.05) is 13.1 Å². The van der Waals surface area contributed by atoms with Crippen molar-refractivity contribution in [3.63, 3.8) is 0 Å². The lowest BCUT2D eigenvalue weighted by Crippen LogP contribution is -2.57. The second-order valence-corrected chi connectivity index (χ2v) is 9.66. The van der Waals surface area contributed by atoms with Crippen LogP contribution in [0.4, 0.5) is 0 Å². The Labute approximate surface area is 181 Å². The van der Waals surface area contributed by atoms with Gasteiger partial charge in [0.1, 0.15) is 0 Å². The molecule has 3 aliphatic rings. The molecule has 0 bridgehead atoms. The zero-order valence-corrected chi connectivity index (χ0v) is 17.9. The van der Waals surface area contributed by atoms with E-state index in [0.717, 1.165) is 55.0 Å². The number of rotatable bonds is 5. The van der Waals surface area contributed by atoms with Crippen molar-refractivity contribution in [1.29, 1.82) is 0 Å². The molecule has 2 aliphatic heterocycles. The zero-order valence-electron chi connectivity index (χ0n) is 17.1. The van der Waals surface area contributed by atoms with Crippen LogP contribution in [0.5, 0.6) is 0 Å². The minimum Gasteiger partial charge on any atom is -0.338 e. The van der Waals surface area contributed by atoms with E-state index in [1.54, 1.807) is 18.0 Å². The van der Waals surface area contributed by atoms with Crippen LogP contribution in [0.15, 0.2) is 53.7 Å². The molecule has 5 nitrogen and oxygen atoms in total. The normalized spacial score (nSPS) is 23.9. The van der Waals surface area contributed by atoms with E-state index in [2.05, 4.69) is 16.0 Å². The van der Waals surface area contributed by atoms with Crippen molar-refractivity contribution >= 4 is 23.6 Å². The molecule has 30 heavy (non-hydrogen) atoms. The van der Waals surface area contributed by atoms with Gasteiger partial charge < -0.3 is 9.80 Å². The third-order valence-electron chi connectivity index (χ3n) is 6.53.